The zero-order valence-electron chi connectivity index (χ0n) is 16.7. The third-order valence-electron chi connectivity index (χ3n) is 6.32. The molecule has 2 aliphatic rings. The second-order valence-corrected chi connectivity index (χ2v) is 10.4. The molecule has 0 amide bonds. The number of benzene rings is 2. The maximum atomic E-state index is 13.3. The van der Waals surface area contributed by atoms with E-state index in [2.05, 4.69) is 9.80 Å². The van der Waals surface area contributed by atoms with Crippen LogP contribution in [0.15, 0.2) is 47.4 Å². The van der Waals surface area contributed by atoms with Crippen molar-refractivity contribution in [3.8, 4) is 0 Å². The van der Waals surface area contributed by atoms with E-state index in [9.17, 15) is 8.42 Å². The van der Waals surface area contributed by atoms with Crippen LogP contribution in [0.1, 0.15) is 38.5 Å². The molecule has 1 atom stereocenters. The van der Waals surface area contributed by atoms with Crippen LogP contribution in [0.25, 0.3) is 10.8 Å². The van der Waals surface area contributed by atoms with Gasteiger partial charge in [0.2, 0.25) is 0 Å². The lowest BCUT2D eigenvalue weighted by Crippen LogP contribution is -2.50. The van der Waals surface area contributed by atoms with Crippen LogP contribution in [0.2, 0.25) is 0 Å². The van der Waals surface area contributed by atoms with E-state index in [4.69, 9.17) is 0 Å². The first-order valence-corrected chi connectivity index (χ1v) is 12.4. The van der Waals surface area contributed by atoms with E-state index < -0.39 is 9.84 Å². The zero-order chi connectivity index (χ0) is 19.4. The quantitative estimate of drug-likeness (QED) is 0.736. The molecule has 0 spiro atoms. The topological polar surface area (TPSA) is 40.6 Å². The van der Waals surface area contributed by atoms with Gasteiger partial charge in [-0.15, -0.1) is 0 Å². The number of fused-ring (bicyclic) bond motifs is 1. The van der Waals surface area contributed by atoms with Gasteiger partial charge in [-0.05, 0) is 74.8 Å². The Balaban J connectivity index is 1.55. The Bertz CT molecular complexity index is 884. The van der Waals surface area contributed by atoms with Crippen molar-refractivity contribution in [2.45, 2.75) is 49.5 Å². The smallest absolute Gasteiger partial charge is 0.179 e. The predicted molar refractivity (Wildman–Crippen MR) is 116 cm³/mol. The summed E-state index contributed by atoms with van der Waals surface area (Å²) in [5, 5.41) is 2.08. The van der Waals surface area contributed by atoms with Crippen molar-refractivity contribution >= 4 is 20.6 Å². The van der Waals surface area contributed by atoms with Gasteiger partial charge in [0.15, 0.2) is 9.84 Å². The summed E-state index contributed by atoms with van der Waals surface area (Å²) >= 11 is 0. The summed E-state index contributed by atoms with van der Waals surface area (Å²) in [5.41, 5.74) is 0. The minimum atomic E-state index is -3.32. The van der Waals surface area contributed by atoms with E-state index in [1.165, 1.54) is 38.5 Å². The lowest BCUT2D eigenvalue weighted by Gasteiger charge is -2.38. The minimum absolute atomic E-state index is 0.0925. The third-order valence-corrected chi connectivity index (χ3v) is 8.11. The molecule has 0 radical (unpaired) electrons. The highest BCUT2D eigenvalue weighted by Crippen LogP contribution is 2.23. The Morgan fingerprint density at radius 3 is 2.14 bits per heavy atom. The molecule has 4 nitrogen and oxygen atoms in total. The van der Waals surface area contributed by atoms with Crippen LogP contribution in [0.3, 0.4) is 0 Å². The predicted octanol–water partition coefficient (Wildman–Crippen LogP) is 3.95. The van der Waals surface area contributed by atoms with Crippen molar-refractivity contribution < 1.29 is 8.42 Å². The Labute approximate surface area is 169 Å². The van der Waals surface area contributed by atoms with Crippen molar-refractivity contribution in [3.05, 3.63) is 42.5 Å². The molecule has 152 valence electrons. The van der Waals surface area contributed by atoms with Crippen molar-refractivity contribution in [1.82, 2.24) is 9.80 Å². The van der Waals surface area contributed by atoms with E-state index in [-0.39, 0.29) is 11.8 Å². The largest absolute Gasteiger partial charge is 0.302 e. The van der Waals surface area contributed by atoms with Crippen molar-refractivity contribution in [1.29, 1.82) is 0 Å². The Morgan fingerprint density at radius 2 is 1.43 bits per heavy atom. The molecule has 2 saturated heterocycles. The maximum Gasteiger partial charge on any atom is 0.179 e. The van der Waals surface area contributed by atoms with Gasteiger partial charge in [-0.3, -0.25) is 4.90 Å². The molecule has 0 aromatic heterocycles. The van der Waals surface area contributed by atoms with E-state index in [1.54, 1.807) is 6.07 Å². The van der Waals surface area contributed by atoms with Gasteiger partial charge in [-0.1, -0.05) is 43.2 Å². The molecule has 0 aliphatic carbocycles. The van der Waals surface area contributed by atoms with Gasteiger partial charge in [0.05, 0.1) is 10.6 Å². The van der Waals surface area contributed by atoms with Crippen LogP contribution < -0.4 is 0 Å². The second-order valence-electron chi connectivity index (χ2n) is 8.40. The molecule has 2 aliphatic heterocycles. The average molecular weight is 401 g/mol. The summed E-state index contributed by atoms with van der Waals surface area (Å²) in [6, 6.07) is 13.6. The Hall–Kier alpha value is -1.43. The first-order valence-electron chi connectivity index (χ1n) is 10.8. The molecule has 0 bridgehead atoms. The van der Waals surface area contributed by atoms with Crippen LogP contribution in [0.5, 0.6) is 0 Å². The molecule has 0 saturated carbocycles. The van der Waals surface area contributed by atoms with Crippen LogP contribution in [-0.4, -0.2) is 62.7 Å². The third kappa shape index (κ3) is 4.76. The van der Waals surface area contributed by atoms with Gasteiger partial charge >= 0.3 is 0 Å². The summed E-state index contributed by atoms with van der Waals surface area (Å²) in [6.45, 7) is 5.17. The molecule has 28 heavy (non-hydrogen) atoms. The van der Waals surface area contributed by atoms with Gasteiger partial charge in [-0.2, -0.15) is 0 Å². The number of hydrogen-bond acceptors (Lipinski definition) is 4. The van der Waals surface area contributed by atoms with E-state index in [0.717, 1.165) is 43.5 Å². The summed E-state index contributed by atoms with van der Waals surface area (Å²) in [4.78, 5) is 5.39. The van der Waals surface area contributed by atoms with Crippen molar-refractivity contribution in [3.63, 3.8) is 0 Å². The van der Waals surface area contributed by atoms with Gasteiger partial charge in [-0.25, -0.2) is 8.42 Å². The monoisotopic (exact) mass is 400 g/mol. The van der Waals surface area contributed by atoms with Gasteiger partial charge in [0, 0.05) is 12.6 Å². The van der Waals surface area contributed by atoms with E-state index in [0.29, 0.717) is 4.90 Å². The normalized spacial score (nSPS) is 21.0. The minimum Gasteiger partial charge on any atom is -0.302 e. The fraction of sp³-hybridized carbons (Fsp3) is 0.565. The lowest BCUT2D eigenvalue weighted by atomic mass is 10.1. The molecule has 0 N–H and O–H groups in total. The number of nitrogens with zero attached hydrogens (tertiary/aromatic N) is 2. The van der Waals surface area contributed by atoms with Crippen LogP contribution in [0.4, 0.5) is 0 Å². The average Bonchev–Trinajstić information content (AvgIpc) is 2.74. The van der Waals surface area contributed by atoms with E-state index in [1.807, 2.05) is 36.4 Å². The molecular formula is C23H32N2O2S. The SMILES string of the molecule is O=S(=O)(CC(CN1CCCCC1)N1CCCCC1)c1ccc2ccccc2c1. The summed E-state index contributed by atoms with van der Waals surface area (Å²) in [5.74, 6) is 0.224. The number of piperidine rings is 2. The second kappa shape index (κ2) is 8.93. The zero-order valence-corrected chi connectivity index (χ0v) is 17.5. The number of hydrogen-bond donors (Lipinski definition) is 0. The summed E-state index contributed by atoms with van der Waals surface area (Å²) in [6.07, 6.45) is 7.43. The lowest BCUT2D eigenvalue weighted by molar-refractivity contribution is 0.119. The van der Waals surface area contributed by atoms with Crippen LogP contribution >= 0.6 is 0 Å². The molecule has 2 heterocycles. The number of sulfone groups is 1. The molecule has 2 aromatic carbocycles. The van der Waals surface area contributed by atoms with Gasteiger partial charge in [0.1, 0.15) is 0 Å². The fourth-order valence-electron chi connectivity index (χ4n) is 4.71. The number of rotatable bonds is 6. The fourth-order valence-corrected chi connectivity index (χ4v) is 6.30. The van der Waals surface area contributed by atoms with Crippen LogP contribution in [-0.2, 0) is 9.84 Å². The molecule has 4 rings (SSSR count). The molecule has 2 fully saturated rings. The summed E-state index contributed by atoms with van der Waals surface area (Å²) < 4.78 is 26.7. The Morgan fingerprint density at radius 1 is 0.786 bits per heavy atom. The Kier molecular flexibility index (Phi) is 6.34. The van der Waals surface area contributed by atoms with Crippen molar-refractivity contribution in [2.24, 2.45) is 0 Å². The van der Waals surface area contributed by atoms with Gasteiger partial charge < -0.3 is 4.90 Å². The molecule has 1 unspecified atom stereocenters. The van der Waals surface area contributed by atoms with Crippen molar-refractivity contribution in [2.75, 3.05) is 38.5 Å². The molecule has 5 heteroatoms. The molecular weight excluding hydrogens is 368 g/mol. The first-order chi connectivity index (χ1) is 13.6. The first kappa shape index (κ1) is 19.9. The number of likely N-dealkylation sites (tertiary alicyclic amines) is 2. The van der Waals surface area contributed by atoms with Gasteiger partial charge in [0.25, 0.3) is 0 Å². The highest BCUT2D eigenvalue weighted by Gasteiger charge is 2.29. The standard InChI is InChI=1S/C23H32N2O2S/c26-28(27,23-12-11-20-9-3-4-10-21(20)17-23)19-22(25-15-7-2-8-16-25)18-24-13-5-1-6-14-24/h3-4,9-12,17,22H,1-2,5-8,13-16,18-19H2. The highest BCUT2D eigenvalue weighted by molar-refractivity contribution is 7.91. The highest BCUT2D eigenvalue weighted by atomic mass is 32.2. The molecule has 2 aromatic rings. The summed E-state index contributed by atoms with van der Waals surface area (Å²) in [7, 11) is -3.32. The maximum absolute atomic E-state index is 13.3. The van der Waals surface area contributed by atoms with E-state index >= 15 is 0 Å². The van der Waals surface area contributed by atoms with Crippen LogP contribution in [0, 0.1) is 0 Å².